The second-order valence-corrected chi connectivity index (χ2v) is 3.55. The Kier molecular flexibility index (Phi) is 4.05. The molecule has 1 N–H and O–H groups in total. The molecule has 8 heteroatoms. The average molecular weight is 286 g/mol. The molecule has 100 valence electrons. The summed E-state index contributed by atoms with van der Waals surface area (Å²) in [5.41, 5.74) is -0.867. The highest BCUT2D eigenvalue weighted by Gasteiger charge is 2.48. The molecule has 1 saturated heterocycles. The first-order valence-electron chi connectivity index (χ1n) is 4.67. The summed E-state index contributed by atoms with van der Waals surface area (Å²) >= 11 is 0. The number of amides is 1. The molecule has 0 spiro atoms. The van der Waals surface area contributed by atoms with Gasteiger partial charge in [0, 0.05) is 0 Å². The number of ether oxygens (including phenoxy) is 1. The van der Waals surface area contributed by atoms with Gasteiger partial charge in [0.2, 0.25) is 0 Å². The highest BCUT2D eigenvalue weighted by molar-refractivity contribution is 5.85. The molecule has 3 nitrogen and oxygen atoms in total. The summed E-state index contributed by atoms with van der Waals surface area (Å²) in [5, 5.41) is 1.71. The third kappa shape index (κ3) is 2.50. The summed E-state index contributed by atoms with van der Waals surface area (Å²) in [6.45, 7) is -1.21. The number of carbonyl (C=O) groups is 1. The van der Waals surface area contributed by atoms with Crippen molar-refractivity contribution in [3.05, 3.63) is 35.4 Å². The molecule has 0 aliphatic carbocycles. The second-order valence-electron chi connectivity index (χ2n) is 3.55. The van der Waals surface area contributed by atoms with E-state index in [1.165, 1.54) is 0 Å². The number of benzene rings is 1. The minimum atomic E-state index is -3.57. The van der Waals surface area contributed by atoms with Crippen molar-refractivity contribution in [2.24, 2.45) is 0 Å². The Morgan fingerprint density at radius 2 is 1.83 bits per heavy atom. The van der Waals surface area contributed by atoms with Crippen LogP contribution in [0.25, 0.3) is 0 Å². The van der Waals surface area contributed by atoms with Crippen molar-refractivity contribution in [2.45, 2.75) is 12.0 Å². The fourth-order valence-corrected chi connectivity index (χ4v) is 1.58. The number of nitrogens with one attached hydrogen (secondary N) is 1. The van der Waals surface area contributed by atoms with Crippen LogP contribution in [0.15, 0.2) is 18.2 Å². The summed E-state index contributed by atoms with van der Waals surface area (Å²) in [7, 11) is 0. The molecular formula is C10H8ClF4NO2. The smallest absolute Gasteiger partial charge is 0.408 e. The molecule has 1 amide bonds. The van der Waals surface area contributed by atoms with Crippen molar-refractivity contribution in [1.82, 2.24) is 5.32 Å². The predicted molar refractivity (Wildman–Crippen MR) is 55.8 cm³/mol. The zero-order chi connectivity index (χ0) is 12.6. The fraction of sp³-hybridized carbons (Fsp3) is 0.300. The molecule has 0 unspecified atom stereocenters. The lowest BCUT2D eigenvalue weighted by Crippen LogP contribution is -2.50. The second kappa shape index (κ2) is 5.01. The van der Waals surface area contributed by atoms with Crippen LogP contribution in [0, 0.1) is 11.6 Å². The molecule has 1 fully saturated rings. The normalized spacial score (nSPS) is 21.6. The molecule has 1 aliphatic rings. The van der Waals surface area contributed by atoms with E-state index in [1.54, 1.807) is 5.32 Å². The number of cyclic esters (lactones) is 1. The first-order chi connectivity index (χ1) is 7.92. The highest BCUT2D eigenvalue weighted by Crippen LogP contribution is 2.36. The zero-order valence-corrected chi connectivity index (χ0v) is 9.57. The first kappa shape index (κ1) is 14.6. The van der Waals surface area contributed by atoms with E-state index in [-0.39, 0.29) is 12.4 Å². The van der Waals surface area contributed by atoms with E-state index in [4.69, 9.17) is 0 Å². The lowest BCUT2D eigenvalue weighted by atomic mass is 9.99. The maximum atomic E-state index is 13.4. The molecule has 0 saturated carbocycles. The van der Waals surface area contributed by atoms with Crippen LogP contribution in [0.3, 0.4) is 0 Å². The molecule has 1 atom stereocenters. The monoisotopic (exact) mass is 285 g/mol. The third-order valence-electron chi connectivity index (χ3n) is 2.37. The quantitative estimate of drug-likeness (QED) is 0.806. The topological polar surface area (TPSA) is 38.3 Å². The standard InChI is InChI=1S/C10H7F4NO2.ClH/c11-5-2-1-3-6(12)7(5)8-10(13,14)4-17-9(16)15-8;/h1-3,8H,4H2,(H,15,16);1H/t8-;/m0./s1. The van der Waals surface area contributed by atoms with E-state index in [1.807, 2.05) is 0 Å². The number of hydrogen-bond acceptors (Lipinski definition) is 2. The van der Waals surface area contributed by atoms with Gasteiger partial charge in [0.15, 0.2) is 6.61 Å². The van der Waals surface area contributed by atoms with Crippen molar-refractivity contribution >= 4 is 18.5 Å². The summed E-state index contributed by atoms with van der Waals surface area (Å²) in [6, 6.07) is 0.671. The van der Waals surface area contributed by atoms with Crippen LogP contribution in [-0.4, -0.2) is 18.6 Å². The van der Waals surface area contributed by atoms with Gasteiger partial charge in [0.05, 0.1) is 5.56 Å². The van der Waals surface area contributed by atoms with Gasteiger partial charge in [0.1, 0.15) is 17.7 Å². The van der Waals surface area contributed by atoms with E-state index >= 15 is 0 Å². The molecule has 1 aromatic carbocycles. The maximum Gasteiger partial charge on any atom is 0.408 e. The molecule has 0 bridgehead atoms. The fourth-order valence-electron chi connectivity index (χ4n) is 1.58. The molecule has 1 heterocycles. The Bertz CT molecular complexity index is 449. The molecule has 1 aromatic rings. The summed E-state index contributed by atoms with van der Waals surface area (Å²) < 4.78 is 57.6. The Labute approximate surface area is 106 Å². The minimum Gasteiger partial charge on any atom is -0.443 e. The number of hydrogen-bond donors (Lipinski definition) is 1. The van der Waals surface area contributed by atoms with Crippen molar-refractivity contribution < 1.29 is 27.1 Å². The first-order valence-corrected chi connectivity index (χ1v) is 4.67. The van der Waals surface area contributed by atoms with E-state index < -0.39 is 41.9 Å². The molecule has 1 aliphatic heterocycles. The van der Waals surface area contributed by atoms with Gasteiger partial charge in [-0.3, -0.25) is 0 Å². The van der Waals surface area contributed by atoms with Crippen LogP contribution < -0.4 is 5.32 Å². The van der Waals surface area contributed by atoms with Gasteiger partial charge in [0.25, 0.3) is 0 Å². The minimum absolute atomic E-state index is 0. The highest BCUT2D eigenvalue weighted by atomic mass is 35.5. The summed E-state index contributed by atoms with van der Waals surface area (Å²) in [4.78, 5) is 10.8. The molecular weight excluding hydrogens is 278 g/mol. The van der Waals surface area contributed by atoms with Crippen molar-refractivity contribution in [3.63, 3.8) is 0 Å². The van der Waals surface area contributed by atoms with Gasteiger partial charge in [-0.1, -0.05) is 6.07 Å². The van der Waals surface area contributed by atoms with Gasteiger partial charge >= 0.3 is 12.0 Å². The predicted octanol–water partition coefficient (Wildman–Crippen LogP) is 2.80. The lowest BCUT2D eigenvalue weighted by Gasteiger charge is -2.32. The van der Waals surface area contributed by atoms with Gasteiger partial charge in [-0.05, 0) is 12.1 Å². The van der Waals surface area contributed by atoms with Crippen LogP contribution in [0.5, 0.6) is 0 Å². The van der Waals surface area contributed by atoms with Crippen LogP contribution in [0.2, 0.25) is 0 Å². The Morgan fingerprint density at radius 3 is 2.39 bits per heavy atom. The zero-order valence-electron chi connectivity index (χ0n) is 8.75. The number of alkyl carbamates (subject to hydrolysis) is 1. The molecule has 0 radical (unpaired) electrons. The van der Waals surface area contributed by atoms with Crippen LogP contribution in [0.4, 0.5) is 22.4 Å². The number of carbonyl (C=O) groups excluding carboxylic acids is 1. The van der Waals surface area contributed by atoms with E-state index in [0.717, 1.165) is 18.2 Å². The summed E-state index contributed by atoms with van der Waals surface area (Å²) in [5.74, 6) is -5.86. The van der Waals surface area contributed by atoms with Crippen molar-refractivity contribution in [3.8, 4) is 0 Å². The van der Waals surface area contributed by atoms with Gasteiger partial charge in [-0.15, -0.1) is 12.4 Å². The SMILES string of the molecule is Cl.O=C1N[C@@H](c2c(F)cccc2F)C(F)(F)CO1. The maximum absolute atomic E-state index is 13.4. The Morgan fingerprint density at radius 1 is 1.28 bits per heavy atom. The van der Waals surface area contributed by atoms with Gasteiger partial charge in [-0.25, -0.2) is 22.4 Å². The number of rotatable bonds is 1. The van der Waals surface area contributed by atoms with Gasteiger partial charge in [-0.2, -0.15) is 0 Å². The average Bonchev–Trinajstić information content (AvgIpc) is 2.23. The van der Waals surface area contributed by atoms with Crippen molar-refractivity contribution in [1.29, 1.82) is 0 Å². The number of alkyl halides is 2. The largest absolute Gasteiger partial charge is 0.443 e. The molecule has 0 aromatic heterocycles. The van der Waals surface area contributed by atoms with Crippen molar-refractivity contribution in [2.75, 3.05) is 6.61 Å². The Hall–Kier alpha value is -1.50. The summed E-state index contributed by atoms with van der Waals surface area (Å²) in [6.07, 6.45) is -1.14. The van der Waals surface area contributed by atoms with E-state index in [9.17, 15) is 22.4 Å². The third-order valence-corrected chi connectivity index (χ3v) is 2.37. The number of halogens is 5. The molecule has 18 heavy (non-hydrogen) atoms. The van der Waals surface area contributed by atoms with Gasteiger partial charge < -0.3 is 10.1 Å². The van der Waals surface area contributed by atoms with Crippen LogP contribution in [-0.2, 0) is 4.74 Å². The lowest BCUT2D eigenvalue weighted by molar-refractivity contribution is -0.105. The Balaban J connectivity index is 0.00000162. The van der Waals surface area contributed by atoms with E-state index in [0.29, 0.717) is 0 Å². The van der Waals surface area contributed by atoms with Crippen LogP contribution >= 0.6 is 12.4 Å². The van der Waals surface area contributed by atoms with E-state index in [2.05, 4.69) is 4.74 Å². The van der Waals surface area contributed by atoms with Crippen LogP contribution in [0.1, 0.15) is 11.6 Å². The molecule has 2 rings (SSSR count).